The summed E-state index contributed by atoms with van der Waals surface area (Å²) < 4.78 is 0. The third-order valence-electron chi connectivity index (χ3n) is 3.37. The monoisotopic (exact) mass is 232 g/mol. The second-order valence-electron chi connectivity index (χ2n) is 5.19. The van der Waals surface area contributed by atoms with Gasteiger partial charge in [0, 0.05) is 19.6 Å². The number of rotatable bonds is 8. The van der Waals surface area contributed by atoms with Crippen LogP contribution >= 0.6 is 0 Å². The lowest BCUT2D eigenvalue weighted by Crippen LogP contribution is -2.31. The van der Waals surface area contributed by atoms with Crippen LogP contribution in [0.2, 0.25) is 0 Å². The highest BCUT2D eigenvalue weighted by atomic mass is 15.1. The summed E-state index contributed by atoms with van der Waals surface area (Å²) in [6.45, 7) is 4.66. The molecule has 17 heavy (non-hydrogen) atoms. The molecular weight excluding hydrogens is 208 g/mol. The van der Waals surface area contributed by atoms with Crippen LogP contribution in [0.4, 0.5) is 0 Å². The first-order chi connectivity index (χ1) is 8.34. The van der Waals surface area contributed by atoms with E-state index in [1.165, 1.54) is 31.5 Å². The van der Waals surface area contributed by atoms with Gasteiger partial charge in [0.2, 0.25) is 0 Å². The number of hydrogen-bond acceptors (Lipinski definition) is 2. The van der Waals surface area contributed by atoms with Gasteiger partial charge in [0.1, 0.15) is 0 Å². The van der Waals surface area contributed by atoms with E-state index in [9.17, 15) is 0 Å². The lowest BCUT2D eigenvalue weighted by molar-refractivity contribution is 0.319. The predicted octanol–water partition coefficient (Wildman–Crippen LogP) is 2.16. The molecule has 0 atom stereocenters. The Labute approximate surface area is 105 Å². The minimum atomic E-state index is 1.00. The van der Waals surface area contributed by atoms with Crippen LogP contribution in [0.15, 0.2) is 30.3 Å². The average Bonchev–Trinajstić information content (AvgIpc) is 3.14. The molecule has 2 rings (SSSR count). The summed E-state index contributed by atoms with van der Waals surface area (Å²) in [6, 6.07) is 10.7. The Hall–Kier alpha value is -0.860. The highest BCUT2D eigenvalue weighted by molar-refractivity contribution is 5.14. The molecule has 1 aliphatic rings. The first-order valence-electron chi connectivity index (χ1n) is 6.78. The van der Waals surface area contributed by atoms with Crippen LogP contribution in [-0.4, -0.2) is 38.1 Å². The number of hydrogen-bond donors (Lipinski definition) is 1. The minimum absolute atomic E-state index is 1.00. The summed E-state index contributed by atoms with van der Waals surface area (Å²) in [4.78, 5) is 2.45. The van der Waals surface area contributed by atoms with Gasteiger partial charge in [0.05, 0.1) is 0 Å². The molecule has 2 nitrogen and oxygen atoms in total. The molecule has 0 spiro atoms. The molecule has 0 heterocycles. The van der Waals surface area contributed by atoms with Gasteiger partial charge in [0.15, 0.2) is 0 Å². The summed E-state index contributed by atoms with van der Waals surface area (Å²) in [5.74, 6) is 1.00. The normalized spacial score (nSPS) is 15.4. The maximum atomic E-state index is 3.52. The summed E-state index contributed by atoms with van der Waals surface area (Å²) in [5.41, 5.74) is 1.42. The predicted molar refractivity (Wildman–Crippen MR) is 73.2 cm³/mol. The fraction of sp³-hybridized carbons (Fsp3) is 0.600. The van der Waals surface area contributed by atoms with Crippen molar-refractivity contribution in [3.05, 3.63) is 35.9 Å². The lowest BCUT2D eigenvalue weighted by atomic mass is 10.1. The van der Waals surface area contributed by atoms with Crippen molar-refractivity contribution in [3.8, 4) is 0 Å². The fourth-order valence-corrected chi connectivity index (χ4v) is 2.10. The Morgan fingerprint density at radius 2 is 1.94 bits per heavy atom. The van der Waals surface area contributed by atoms with Gasteiger partial charge in [-0.1, -0.05) is 30.3 Å². The highest BCUT2D eigenvalue weighted by Crippen LogP contribution is 2.29. The van der Waals surface area contributed by atoms with E-state index in [4.69, 9.17) is 0 Å². The van der Waals surface area contributed by atoms with Gasteiger partial charge in [-0.2, -0.15) is 0 Å². The number of benzene rings is 1. The van der Waals surface area contributed by atoms with Crippen LogP contribution in [0.5, 0.6) is 0 Å². The van der Waals surface area contributed by atoms with Gasteiger partial charge in [-0.3, -0.25) is 0 Å². The second-order valence-corrected chi connectivity index (χ2v) is 5.19. The summed E-state index contributed by atoms with van der Waals surface area (Å²) in [7, 11) is 2.23. The van der Waals surface area contributed by atoms with Gasteiger partial charge in [0.25, 0.3) is 0 Å². The molecule has 0 aliphatic heterocycles. The first kappa shape index (κ1) is 12.6. The van der Waals surface area contributed by atoms with E-state index in [1.807, 2.05) is 0 Å². The van der Waals surface area contributed by atoms with Crippen LogP contribution in [0.3, 0.4) is 0 Å². The lowest BCUT2D eigenvalue weighted by Gasteiger charge is -2.16. The highest BCUT2D eigenvalue weighted by Gasteiger charge is 2.22. The average molecular weight is 232 g/mol. The Morgan fingerprint density at radius 3 is 2.65 bits per heavy atom. The molecule has 1 aromatic carbocycles. The van der Waals surface area contributed by atoms with E-state index >= 15 is 0 Å². The zero-order valence-corrected chi connectivity index (χ0v) is 10.9. The van der Waals surface area contributed by atoms with Gasteiger partial charge >= 0.3 is 0 Å². The maximum Gasteiger partial charge on any atom is 0.0104 e. The molecule has 94 valence electrons. The molecule has 1 saturated carbocycles. The number of nitrogens with zero attached hydrogens (tertiary/aromatic N) is 1. The van der Waals surface area contributed by atoms with Gasteiger partial charge in [-0.15, -0.1) is 0 Å². The fourth-order valence-electron chi connectivity index (χ4n) is 2.10. The van der Waals surface area contributed by atoms with Crippen molar-refractivity contribution in [3.63, 3.8) is 0 Å². The van der Waals surface area contributed by atoms with Crippen molar-refractivity contribution in [2.24, 2.45) is 5.92 Å². The zero-order valence-electron chi connectivity index (χ0n) is 10.9. The molecule has 1 N–H and O–H groups in total. The summed E-state index contributed by atoms with van der Waals surface area (Å²) >= 11 is 0. The minimum Gasteiger partial charge on any atom is -0.315 e. The van der Waals surface area contributed by atoms with Crippen LogP contribution in [0, 0.1) is 5.92 Å². The Kier molecular flexibility index (Phi) is 5.02. The van der Waals surface area contributed by atoms with Crippen LogP contribution in [-0.2, 0) is 6.42 Å². The Morgan fingerprint density at radius 1 is 1.18 bits per heavy atom. The molecule has 0 amide bonds. The Balaban J connectivity index is 1.48. The molecular formula is C15H24N2. The third-order valence-corrected chi connectivity index (χ3v) is 3.37. The third kappa shape index (κ3) is 5.33. The van der Waals surface area contributed by atoms with Crippen LogP contribution in [0.25, 0.3) is 0 Å². The van der Waals surface area contributed by atoms with Crippen molar-refractivity contribution in [2.75, 3.05) is 33.2 Å². The first-order valence-corrected chi connectivity index (χ1v) is 6.78. The molecule has 0 radical (unpaired) electrons. The van der Waals surface area contributed by atoms with E-state index in [1.54, 1.807) is 0 Å². The number of likely N-dealkylation sites (N-methyl/N-ethyl adjacent to an activating group) is 1. The smallest absolute Gasteiger partial charge is 0.0104 e. The van der Waals surface area contributed by atoms with Crippen molar-refractivity contribution in [1.82, 2.24) is 10.2 Å². The van der Waals surface area contributed by atoms with E-state index in [-0.39, 0.29) is 0 Å². The zero-order chi connectivity index (χ0) is 11.9. The van der Waals surface area contributed by atoms with E-state index in [0.717, 1.165) is 25.4 Å². The SMILES string of the molecule is CN(CCNCCc1ccccc1)CC1CC1. The summed E-state index contributed by atoms with van der Waals surface area (Å²) in [5, 5.41) is 3.52. The summed E-state index contributed by atoms with van der Waals surface area (Å²) in [6.07, 6.45) is 4.03. The maximum absolute atomic E-state index is 3.52. The topological polar surface area (TPSA) is 15.3 Å². The largest absolute Gasteiger partial charge is 0.315 e. The molecule has 0 unspecified atom stereocenters. The van der Waals surface area contributed by atoms with E-state index in [2.05, 4.69) is 47.6 Å². The molecule has 0 bridgehead atoms. The van der Waals surface area contributed by atoms with E-state index < -0.39 is 0 Å². The van der Waals surface area contributed by atoms with Crippen molar-refractivity contribution >= 4 is 0 Å². The van der Waals surface area contributed by atoms with Gasteiger partial charge < -0.3 is 10.2 Å². The van der Waals surface area contributed by atoms with Crippen molar-refractivity contribution < 1.29 is 0 Å². The van der Waals surface area contributed by atoms with Crippen molar-refractivity contribution in [2.45, 2.75) is 19.3 Å². The standard InChI is InChI=1S/C15H24N2/c1-17(13-15-7-8-15)12-11-16-10-9-14-5-3-2-4-6-14/h2-6,15-16H,7-13H2,1H3. The van der Waals surface area contributed by atoms with E-state index in [0.29, 0.717) is 0 Å². The molecule has 2 heteroatoms. The van der Waals surface area contributed by atoms with Crippen LogP contribution in [0.1, 0.15) is 18.4 Å². The van der Waals surface area contributed by atoms with Gasteiger partial charge in [-0.05, 0) is 44.3 Å². The quantitative estimate of drug-likeness (QED) is 0.691. The molecule has 0 saturated heterocycles. The molecule has 0 aromatic heterocycles. The van der Waals surface area contributed by atoms with Crippen LogP contribution < -0.4 is 5.32 Å². The molecule has 1 aliphatic carbocycles. The molecule has 1 fully saturated rings. The van der Waals surface area contributed by atoms with Crippen molar-refractivity contribution in [1.29, 1.82) is 0 Å². The Bertz CT molecular complexity index is 306. The second kappa shape index (κ2) is 6.77. The number of nitrogens with one attached hydrogen (secondary N) is 1. The van der Waals surface area contributed by atoms with Gasteiger partial charge in [-0.25, -0.2) is 0 Å². The molecule has 1 aromatic rings.